The minimum Gasteiger partial charge on any atom is -0.469 e. The predicted octanol–water partition coefficient (Wildman–Crippen LogP) is 3.35. The van der Waals surface area contributed by atoms with Crippen molar-refractivity contribution in [2.75, 3.05) is 6.54 Å². The summed E-state index contributed by atoms with van der Waals surface area (Å²) >= 11 is 0. The zero-order valence-electron chi connectivity index (χ0n) is 13.4. The SMILES string of the molecule is c1ccc(CN=C(NCCc2ccco2)NCc2ccco2)cc1. The molecule has 0 amide bonds. The van der Waals surface area contributed by atoms with Crippen LogP contribution < -0.4 is 10.6 Å². The topological polar surface area (TPSA) is 62.7 Å². The lowest BCUT2D eigenvalue weighted by Crippen LogP contribution is -2.38. The van der Waals surface area contributed by atoms with E-state index in [2.05, 4.69) is 27.8 Å². The maximum absolute atomic E-state index is 5.35. The van der Waals surface area contributed by atoms with Crippen LogP contribution in [0.4, 0.5) is 0 Å². The Labute approximate surface area is 141 Å². The first-order chi connectivity index (χ1) is 11.9. The van der Waals surface area contributed by atoms with Crippen LogP contribution in [0.2, 0.25) is 0 Å². The molecular weight excluding hydrogens is 302 g/mol. The van der Waals surface area contributed by atoms with Crippen LogP contribution in [0.25, 0.3) is 0 Å². The maximum atomic E-state index is 5.35. The number of hydrogen-bond donors (Lipinski definition) is 2. The molecule has 0 atom stereocenters. The Morgan fingerprint density at radius 3 is 2.29 bits per heavy atom. The molecule has 0 unspecified atom stereocenters. The van der Waals surface area contributed by atoms with E-state index in [1.54, 1.807) is 12.5 Å². The molecule has 3 aromatic rings. The highest BCUT2D eigenvalue weighted by Gasteiger charge is 2.02. The second-order valence-electron chi connectivity index (χ2n) is 5.34. The number of nitrogens with zero attached hydrogens (tertiary/aromatic N) is 1. The molecule has 0 bridgehead atoms. The lowest BCUT2D eigenvalue weighted by molar-refractivity contribution is 0.498. The number of nitrogens with one attached hydrogen (secondary N) is 2. The third kappa shape index (κ3) is 5.05. The van der Waals surface area contributed by atoms with E-state index in [1.807, 2.05) is 42.5 Å². The third-order valence-electron chi connectivity index (χ3n) is 3.52. The van der Waals surface area contributed by atoms with Crippen molar-refractivity contribution in [2.45, 2.75) is 19.5 Å². The average molecular weight is 323 g/mol. The summed E-state index contributed by atoms with van der Waals surface area (Å²) in [6.45, 7) is 1.95. The van der Waals surface area contributed by atoms with Gasteiger partial charge in [0, 0.05) is 13.0 Å². The maximum Gasteiger partial charge on any atom is 0.191 e. The normalized spacial score (nSPS) is 11.4. The van der Waals surface area contributed by atoms with E-state index in [-0.39, 0.29) is 0 Å². The molecule has 0 saturated carbocycles. The molecule has 0 aliphatic rings. The first-order valence-electron chi connectivity index (χ1n) is 8.01. The predicted molar refractivity (Wildman–Crippen MR) is 93.5 cm³/mol. The minimum atomic E-state index is 0.592. The van der Waals surface area contributed by atoms with Crippen LogP contribution in [0.1, 0.15) is 17.1 Å². The van der Waals surface area contributed by atoms with Gasteiger partial charge in [0.05, 0.1) is 25.6 Å². The van der Waals surface area contributed by atoms with Gasteiger partial charge in [-0.3, -0.25) is 0 Å². The summed E-state index contributed by atoms with van der Waals surface area (Å²) in [5, 5.41) is 6.61. The third-order valence-corrected chi connectivity index (χ3v) is 3.52. The van der Waals surface area contributed by atoms with Crippen LogP contribution in [-0.4, -0.2) is 12.5 Å². The van der Waals surface area contributed by atoms with Crippen LogP contribution in [0.3, 0.4) is 0 Å². The molecule has 5 heteroatoms. The van der Waals surface area contributed by atoms with Gasteiger partial charge in [0.1, 0.15) is 11.5 Å². The van der Waals surface area contributed by atoms with E-state index in [9.17, 15) is 0 Å². The number of guanidine groups is 1. The molecule has 3 rings (SSSR count). The molecule has 2 aromatic heterocycles. The van der Waals surface area contributed by atoms with Gasteiger partial charge in [0.15, 0.2) is 5.96 Å². The Hall–Kier alpha value is -2.95. The molecule has 0 radical (unpaired) electrons. The molecule has 124 valence electrons. The zero-order chi connectivity index (χ0) is 16.5. The summed E-state index contributed by atoms with van der Waals surface area (Å²) in [5.74, 6) is 2.58. The van der Waals surface area contributed by atoms with Crippen LogP contribution in [-0.2, 0) is 19.5 Å². The minimum absolute atomic E-state index is 0.592. The molecule has 0 fully saturated rings. The van der Waals surface area contributed by atoms with Crippen LogP contribution in [0, 0.1) is 0 Å². The standard InChI is InChI=1S/C19H21N3O2/c1-2-6-16(7-3-1)14-21-19(22-15-18-9-5-13-24-18)20-11-10-17-8-4-12-23-17/h1-9,12-13H,10-11,14-15H2,(H2,20,21,22). The number of furan rings is 2. The highest BCUT2D eigenvalue weighted by Crippen LogP contribution is 2.02. The summed E-state index contributed by atoms with van der Waals surface area (Å²) in [5.41, 5.74) is 1.17. The second kappa shape index (κ2) is 8.62. The van der Waals surface area contributed by atoms with E-state index in [4.69, 9.17) is 8.83 Å². The van der Waals surface area contributed by atoms with E-state index in [0.717, 1.165) is 30.4 Å². The van der Waals surface area contributed by atoms with Gasteiger partial charge in [-0.25, -0.2) is 4.99 Å². The Morgan fingerprint density at radius 1 is 0.833 bits per heavy atom. The Bertz CT molecular complexity index is 719. The molecule has 2 heterocycles. The fourth-order valence-electron chi connectivity index (χ4n) is 2.27. The summed E-state index contributed by atoms with van der Waals surface area (Å²) in [6.07, 6.45) is 4.16. The van der Waals surface area contributed by atoms with Crippen molar-refractivity contribution in [1.29, 1.82) is 0 Å². The highest BCUT2D eigenvalue weighted by molar-refractivity contribution is 5.79. The molecule has 24 heavy (non-hydrogen) atoms. The van der Waals surface area contributed by atoms with Crippen molar-refractivity contribution in [3.05, 3.63) is 84.2 Å². The van der Waals surface area contributed by atoms with Gasteiger partial charge in [-0.1, -0.05) is 30.3 Å². The number of aliphatic imine (C=N–C) groups is 1. The number of rotatable bonds is 7. The van der Waals surface area contributed by atoms with Crippen molar-refractivity contribution >= 4 is 5.96 Å². The van der Waals surface area contributed by atoms with E-state index < -0.39 is 0 Å². The van der Waals surface area contributed by atoms with Gasteiger partial charge in [-0.05, 0) is 29.8 Å². The van der Waals surface area contributed by atoms with E-state index in [1.165, 1.54) is 5.56 Å². The lowest BCUT2D eigenvalue weighted by atomic mass is 10.2. The monoisotopic (exact) mass is 323 g/mol. The molecule has 2 N–H and O–H groups in total. The zero-order valence-corrected chi connectivity index (χ0v) is 13.4. The van der Waals surface area contributed by atoms with Crippen molar-refractivity contribution in [1.82, 2.24) is 10.6 Å². The smallest absolute Gasteiger partial charge is 0.191 e. The average Bonchev–Trinajstić information content (AvgIpc) is 3.31. The molecular formula is C19H21N3O2. The van der Waals surface area contributed by atoms with E-state index in [0.29, 0.717) is 13.1 Å². The van der Waals surface area contributed by atoms with Crippen molar-refractivity contribution < 1.29 is 8.83 Å². The van der Waals surface area contributed by atoms with Gasteiger partial charge in [-0.15, -0.1) is 0 Å². The number of benzene rings is 1. The summed E-state index contributed by atoms with van der Waals surface area (Å²) in [6, 6.07) is 17.9. The molecule has 0 saturated heterocycles. The molecule has 5 nitrogen and oxygen atoms in total. The first-order valence-corrected chi connectivity index (χ1v) is 8.01. The van der Waals surface area contributed by atoms with Crippen molar-refractivity contribution in [3.8, 4) is 0 Å². The fraction of sp³-hybridized carbons (Fsp3) is 0.211. The highest BCUT2D eigenvalue weighted by atomic mass is 16.3. The van der Waals surface area contributed by atoms with Gasteiger partial charge < -0.3 is 19.5 Å². The van der Waals surface area contributed by atoms with Crippen molar-refractivity contribution in [2.24, 2.45) is 4.99 Å². The summed E-state index contributed by atoms with van der Waals surface area (Å²) in [4.78, 5) is 4.63. The van der Waals surface area contributed by atoms with Crippen molar-refractivity contribution in [3.63, 3.8) is 0 Å². The van der Waals surface area contributed by atoms with Gasteiger partial charge in [0.25, 0.3) is 0 Å². The van der Waals surface area contributed by atoms with E-state index >= 15 is 0 Å². The summed E-state index contributed by atoms with van der Waals surface area (Å²) in [7, 11) is 0. The molecule has 0 aliphatic heterocycles. The van der Waals surface area contributed by atoms with Crippen LogP contribution in [0.15, 0.2) is 81.0 Å². The lowest BCUT2D eigenvalue weighted by Gasteiger charge is -2.11. The van der Waals surface area contributed by atoms with Gasteiger partial charge >= 0.3 is 0 Å². The summed E-state index contributed by atoms with van der Waals surface area (Å²) < 4.78 is 10.7. The van der Waals surface area contributed by atoms with Crippen LogP contribution >= 0.6 is 0 Å². The molecule has 0 spiro atoms. The molecule has 1 aromatic carbocycles. The molecule has 0 aliphatic carbocycles. The second-order valence-corrected chi connectivity index (χ2v) is 5.34. The largest absolute Gasteiger partial charge is 0.469 e. The Balaban J connectivity index is 1.56. The Morgan fingerprint density at radius 2 is 1.58 bits per heavy atom. The Kier molecular flexibility index (Phi) is 5.72. The fourth-order valence-corrected chi connectivity index (χ4v) is 2.27. The van der Waals surface area contributed by atoms with Crippen LogP contribution in [0.5, 0.6) is 0 Å². The van der Waals surface area contributed by atoms with Gasteiger partial charge in [0.2, 0.25) is 0 Å². The first kappa shape index (κ1) is 15.9. The van der Waals surface area contributed by atoms with Gasteiger partial charge in [-0.2, -0.15) is 0 Å². The quantitative estimate of drug-likeness (QED) is 0.517. The number of hydrogen-bond acceptors (Lipinski definition) is 3.